The summed E-state index contributed by atoms with van der Waals surface area (Å²) in [6, 6.07) is 0.490. The largest absolute Gasteiger partial charge is 0.383 e. The number of hydrogen-bond acceptors (Lipinski definition) is 4. The van der Waals surface area contributed by atoms with Crippen LogP contribution >= 0.6 is 12.2 Å². The van der Waals surface area contributed by atoms with Crippen molar-refractivity contribution in [3.63, 3.8) is 0 Å². The maximum absolute atomic E-state index is 11.6. The Labute approximate surface area is 114 Å². The Morgan fingerprint density at radius 1 is 1.44 bits per heavy atom. The highest BCUT2D eigenvalue weighted by Crippen LogP contribution is 2.21. The van der Waals surface area contributed by atoms with Crippen LogP contribution in [0.1, 0.15) is 19.3 Å². The molecule has 1 aliphatic heterocycles. The molecule has 1 atom stereocenters. The first kappa shape index (κ1) is 14.0. The number of sulfone groups is 1. The highest BCUT2D eigenvalue weighted by atomic mass is 32.2. The molecule has 0 aromatic carbocycles. The van der Waals surface area contributed by atoms with Gasteiger partial charge in [-0.1, -0.05) is 0 Å². The quantitative estimate of drug-likeness (QED) is 0.729. The summed E-state index contributed by atoms with van der Waals surface area (Å²) in [7, 11) is -1.24. The van der Waals surface area contributed by atoms with Gasteiger partial charge in [0.05, 0.1) is 18.1 Å². The van der Waals surface area contributed by atoms with Crippen LogP contribution in [0.25, 0.3) is 0 Å². The van der Waals surface area contributed by atoms with E-state index in [0.29, 0.717) is 30.7 Å². The van der Waals surface area contributed by atoms with E-state index >= 15 is 0 Å². The van der Waals surface area contributed by atoms with Gasteiger partial charge in [0.15, 0.2) is 14.9 Å². The lowest BCUT2D eigenvalue weighted by Gasteiger charge is -2.30. The standard InChI is InChI=1S/C11H20N2O3S2/c1-16-6-5-13(11(17)12-9-2-3-9)10-4-7-18(14,15)8-10/h9-10H,2-8H2,1H3,(H,12,17)/t10-/m1/s1. The van der Waals surface area contributed by atoms with Gasteiger partial charge < -0.3 is 15.0 Å². The summed E-state index contributed by atoms with van der Waals surface area (Å²) in [6.45, 7) is 1.21. The topological polar surface area (TPSA) is 58.6 Å². The SMILES string of the molecule is COCCN(C(=S)NC1CC1)[C@@H]1CCS(=O)(=O)C1. The Kier molecular flexibility index (Phi) is 4.45. The Hall–Kier alpha value is -0.400. The molecule has 0 radical (unpaired) electrons. The Bertz CT molecular complexity index is 407. The number of nitrogens with one attached hydrogen (secondary N) is 1. The monoisotopic (exact) mass is 292 g/mol. The highest BCUT2D eigenvalue weighted by Gasteiger charge is 2.34. The molecule has 7 heteroatoms. The Morgan fingerprint density at radius 2 is 2.17 bits per heavy atom. The third kappa shape index (κ3) is 3.80. The first-order chi connectivity index (χ1) is 8.52. The summed E-state index contributed by atoms with van der Waals surface area (Å²) in [5, 5.41) is 3.95. The van der Waals surface area contributed by atoms with E-state index in [2.05, 4.69) is 5.32 Å². The van der Waals surface area contributed by atoms with Crippen LogP contribution in [0, 0.1) is 0 Å². The van der Waals surface area contributed by atoms with Gasteiger partial charge in [0.1, 0.15) is 0 Å². The molecule has 1 N–H and O–H groups in total. The molecular weight excluding hydrogens is 272 g/mol. The van der Waals surface area contributed by atoms with Crippen LogP contribution in [-0.2, 0) is 14.6 Å². The molecule has 18 heavy (non-hydrogen) atoms. The van der Waals surface area contributed by atoms with E-state index in [-0.39, 0.29) is 17.5 Å². The molecule has 5 nitrogen and oxygen atoms in total. The summed E-state index contributed by atoms with van der Waals surface area (Å²) in [5.74, 6) is 0.483. The Balaban J connectivity index is 1.97. The van der Waals surface area contributed by atoms with Crippen molar-refractivity contribution in [2.45, 2.75) is 31.3 Å². The van der Waals surface area contributed by atoms with Crippen molar-refractivity contribution in [3.8, 4) is 0 Å². The van der Waals surface area contributed by atoms with E-state index < -0.39 is 9.84 Å². The fourth-order valence-corrected chi connectivity index (χ4v) is 4.28. The molecule has 0 unspecified atom stereocenters. The van der Waals surface area contributed by atoms with Gasteiger partial charge in [0.25, 0.3) is 0 Å². The van der Waals surface area contributed by atoms with Gasteiger partial charge >= 0.3 is 0 Å². The summed E-state index contributed by atoms with van der Waals surface area (Å²) in [5.41, 5.74) is 0. The van der Waals surface area contributed by atoms with Gasteiger partial charge in [-0.05, 0) is 31.5 Å². The van der Waals surface area contributed by atoms with E-state index in [1.165, 1.54) is 0 Å². The average Bonchev–Trinajstić information content (AvgIpc) is 3.03. The predicted octanol–water partition coefficient (Wildman–Crippen LogP) is 0.159. The fraction of sp³-hybridized carbons (Fsp3) is 0.909. The van der Waals surface area contributed by atoms with Crippen LogP contribution in [0.2, 0.25) is 0 Å². The minimum atomic E-state index is -2.88. The van der Waals surface area contributed by atoms with E-state index in [4.69, 9.17) is 17.0 Å². The molecule has 2 fully saturated rings. The second kappa shape index (κ2) is 5.71. The van der Waals surface area contributed by atoms with Crippen LogP contribution in [0.4, 0.5) is 0 Å². The zero-order valence-electron chi connectivity index (χ0n) is 10.6. The lowest BCUT2D eigenvalue weighted by Crippen LogP contribution is -2.48. The molecule has 1 aliphatic carbocycles. The molecule has 0 amide bonds. The van der Waals surface area contributed by atoms with Gasteiger partial charge in [-0.3, -0.25) is 0 Å². The molecule has 1 heterocycles. The number of ether oxygens (including phenoxy) is 1. The molecule has 0 aromatic heterocycles. The van der Waals surface area contributed by atoms with E-state index in [1.807, 2.05) is 4.90 Å². The second-order valence-corrected chi connectivity index (χ2v) is 7.58. The minimum Gasteiger partial charge on any atom is -0.383 e. The summed E-state index contributed by atoms with van der Waals surface area (Å²) in [6.07, 6.45) is 2.97. The Morgan fingerprint density at radius 3 is 2.67 bits per heavy atom. The molecule has 2 rings (SSSR count). The average molecular weight is 292 g/mol. The number of nitrogens with zero attached hydrogens (tertiary/aromatic N) is 1. The van der Waals surface area contributed by atoms with Crippen molar-refractivity contribution in [3.05, 3.63) is 0 Å². The zero-order chi connectivity index (χ0) is 13.2. The van der Waals surface area contributed by atoms with Crippen LogP contribution in [0.15, 0.2) is 0 Å². The normalized spacial score (nSPS) is 25.9. The highest BCUT2D eigenvalue weighted by molar-refractivity contribution is 7.91. The van der Waals surface area contributed by atoms with Crippen molar-refractivity contribution in [1.82, 2.24) is 10.2 Å². The van der Waals surface area contributed by atoms with Crippen molar-refractivity contribution >= 4 is 27.2 Å². The molecule has 104 valence electrons. The maximum atomic E-state index is 11.6. The van der Waals surface area contributed by atoms with Gasteiger partial charge in [-0.25, -0.2) is 8.42 Å². The fourth-order valence-electron chi connectivity index (χ4n) is 2.15. The minimum absolute atomic E-state index is 0.00361. The number of thiocarbonyl (C=S) groups is 1. The van der Waals surface area contributed by atoms with E-state index in [1.54, 1.807) is 7.11 Å². The zero-order valence-corrected chi connectivity index (χ0v) is 12.2. The predicted molar refractivity (Wildman–Crippen MR) is 74.4 cm³/mol. The lowest BCUT2D eigenvalue weighted by molar-refractivity contribution is 0.164. The molecule has 1 saturated heterocycles. The van der Waals surface area contributed by atoms with Gasteiger partial charge in [0.2, 0.25) is 0 Å². The second-order valence-electron chi connectivity index (χ2n) is 4.97. The smallest absolute Gasteiger partial charge is 0.169 e. The van der Waals surface area contributed by atoms with E-state index in [9.17, 15) is 8.42 Å². The van der Waals surface area contributed by atoms with Gasteiger partial charge in [-0.2, -0.15) is 0 Å². The summed E-state index contributed by atoms with van der Waals surface area (Å²) >= 11 is 5.38. The third-order valence-corrected chi connectivity index (χ3v) is 5.45. The molecule has 0 aromatic rings. The maximum Gasteiger partial charge on any atom is 0.169 e. The van der Waals surface area contributed by atoms with Crippen LogP contribution < -0.4 is 5.32 Å². The van der Waals surface area contributed by atoms with E-state index in [0.717, 1.165) is 12.8 Å². The van der Waals surface area contributed by atoms with Crippen molar-refractivity contribution in [1.29, 1.82) is 0 Å². The van der Waals surface area contributed by atoms with Crippen molar-refractivity contribution < 1.29 is 13.2 Å². The number of methoxy groups -OCH3 is 1. The van der Waals surface area contributed by atoms with Gasteiger partial charge in [-0.15, -0.1) is 0 Å². The lowest BCUT2D eigenvalue weighted by atomic mass is 10.2. The molecule has 1 saturated carbocycles. The molecule has 2 aliphatic rings. The first-order valence-electron chi connectivity index (χ1n) is 6.28. The number of hydrogen-bond donors (Lipinski definition) is 1. The number of rotatable bonds is 5. The molecular formula is C11H20N2O3S2. The first-order valence-corrected chi connectivity index (χ1v) is 8.51. The molecule has 0 spiro atoms. The van der Waals surface area contributed by atoms with Crippen molar-refractivity contribution in [2.75, 3.05) is 31.8 Å². The van der Waals surface area contributed by atoms with Crippen LogP contribution in [0.5, 0.6) is 0 Å². The summed E-state index contributed by atoms with van der Waals surface area (Å²) in [4.78, 5) is 1.99. The third-order valence-electron chi connectivity index (χ3n) is 3.35. The van der Waals surface area contributed by atoms with Crippen LogP contribution in [-0.4, -0.2) is 62.3 Å². The summed E-state index contributed by atoms with van der Waals surface area (Å²) < 4.78 is 28.2. The van der Waals surface area contributed by atoms with Crippen LogP contribution in [0.3, 0.4) is 0 Å². The van der Waals surface area contributed by atoms with Gasteiger partial charge in [0, 0.05) is 25.7 Å². The van der Waals surface area contributed by atoms with Crippen molar-refractivity contribution in [2.24, 2.45) is 0 Å². The molecule has 0 bridgehead atoms.